The van der Waals surface area contributed by atoms with Crippen LogP contribution >= 0.6 is 0 Å². The lowest BCUT2D eigenvalue weighted by Gasteiger charge is -2.31. The van der Waals surface area contributed by atoms with Crippen molar-refractivity contribution in [3.63, 3.8) is 0 Å². The van der Waals surface area contributed by atoms with Crippen molar-refractivity contribution >= 4 is 11.4 Å². The highest BCUT2D eigenvalue weighted by atomic mass is 15.2. The van der Waals surface area contributed by atoms with E-state index in [1.807, 2.05) is 6.07 Å². The number of nitriles is 1. The number of nitrogens with zero attached hydrogens (tertiary/aromatic N) is 2. The zero-order chi connectivity index (χ0) is 14.3. The molecule has 0 aromatic heterocycles. The molecule has 0 bridgehead atoms. The molecule has 1 aromatic carbocycles. The summed E-state index contributed by atoms with van der Waals surface area (Å²) < 4.78 is 0. The Balaban J connectivity index is 3.01. The standard InChI is InChI=1S/C16H25N3/c1-4-6-11-19(13(3)5-2)15-7-8-16(18)14(12-15)9-10-17/h7-8,12-13H,4-6,9,11,18H2,1-3H3. The van der Waals surface area contributed by atoms with Gasteiger partial charge in [-0.3, -0.25) is 0 Å². The summed E-state index contributed by atoms with van der Waals surface area (Å²) in [7, 11) is 0. The van der Waals surface area contributed by atoms with Crippen LogP contribution in [0.2, 0.25) is 0 Å². The normalized spacial score (nSPS) is 11.9. The molecule has 0 aliphatic rings. The Morgan fingerprint density at radius 3 is 2.68 bits per heavy atom. The van der Waals surface area contributed by atoms with Crippen molar-refractivity contribution in [3.05, 3.63) is 23.8 Å². The van der Waals surface area contributed by atoms with Crippen molar-refractivity contribution in [2.45, 2.75) is 52.5 Å². The topological polar surface area (TPSA) is 53.0 Å². The molecule has 1 atom stereocenters. The van der Waals surface area contributed by atoms with Gasteiger partial charge in [-0.2, -0.15) is 5.26 Å². The largest absolute Gasteiger partial charge is 0.398 e. The van der Waals surface area contributed by atoms with Crippen LogP contribution in [-0.2, 0) is 6.42 Å². The van der Waals surface area contributed by atoms with Crippen molar-refractivity contribution < 1.29 is 0 Å². The number of nitrogen functional groups attached to an aromatic ring is 1. The molecule has 3 heteroatoms. The summed E-state index contributed by atoms with van der Waals surface area (Å²) in [5.74, 6) is 0. The van der Waals surface area contributed by atoms with Gasteiger partial charge in [0.1, 0.15) is 0 Å². The van der Waals surface area contributed by atoms with Crippen molar-refractivity contribution in [1.82, 2.24) is 0 Å². The molecule has 0 aliphatic heterocycles. The maximum Gasteiger partial charge on any atom is 0.0670 e. The third-order valence-corrected chi connectivity index (χ3v) is 3.60. The van der Waals surface area contributed by atoms with E-state index in [0.717, 1.165) is 18.5 Å². The fraction of sp³-hybridized carbons (Fsp3) is 0.562. The summed E-state index contributed by atoms with van der Waals surface area (Å²) in [5, 5.41) is 8.85. The van der Waals surface area contributed by atoms with Crippen LogP contribution in [0.1, 0.15) is 45.6 Å². The third kappa shape index (κ3) is 4.17. The lowest BCUT2D eigenvalue weighted by Crippen LogP contribution is -2.33. The molecule has 0 heterocycles. The van der Waals surface area contributed by atoms with E-state index in [1.54, 1.807) is 0 Å². The highest BCUT2D eigenvalue weighted by Gasteiger charge is 2.13. The molecule has 0 amide bonds. The molecule has 1 unspecified atom stereocenters. The van der Waals surface area contributed by atoms with Gasteiger partial charge in [-0.05, 0) is 43.5 Å². The first-order chi connectivity index (χ1) is 9.13. The van der Waals surface area contributed by atoms with Crippen LogP contribution in [0.25, 0.3) is 0 Å². The minimum Gasteiger partial charge on any atom is -0.398 e. The maximum atomic E-state index is 8.85. The molecule has 0 spiro atoms. The van der Waals surface area contributed by atoms with Crippen molar-refractivity contribution in [3.8, 4) is 6.07 Å². The first kappa shape index (κ1) is 15.4. The Labute approximate surface area is 117 Å². The predicted molar refractivity (Wildman–Crippen MR) is 82.2 cm³/mol. The first-order valence-corrected chi connectivity index (χ1v) is 7.16. The molecule has 104 valence electrons. The van der Waals surface area contributed by atoms with E-state index in [1.165, 1.54) is 18.5 Å². The average molecular weight is 259 g/mol. The van der Waals surface area contributed by atoms with Gasteiger partial charge in [0.15, 0.2) is 0 Å². The SMILES string of the molecule is CCCCN(c1ccc(N)c(CC#N)c1)C(C)CC. The van der Waals surface area contributed by atoms with Crippen LogP contribution in [0.3, 0.4) is 0 Å². The molecule has 0 radical (unpaired) electrons. The molecule has 3 nitrogen and oxygen atoms in total. The summed E-state index contributed by atoms with van der Waals surface area (Å²) in [5.41, 5.74) is 8.75. The second-order valence-corrected chi connectivity index (χ2v) is 5.02. The number of unbranched alkanes of at least 4 members (excludes halogenated alkanes) is 1. The summed E-state index contributed by atoms with van der Waals surface area (Å²) in [6.45, 7) is 7.72. The number of benzene rings is 1. The van der Waals surface area contributed by atoms with Crippen LogP contribution in [-0.4, -0.2) is 12.6 Å². The number of hydrogen-bond acceptors (Lipinski definition) is 3. The van der Waals surface area contributed by atoms with Gasteiger partial charge < -0.3 is 10.6 Å². The zero-order valence-electron chi connectivity index (χ0n) is 12.3. The zero-order valence-corrected chi connectivity index (χ0v) is 12.3. The van der Waals surface area contributed by atoms with Crippen LogP contribution < -0.4 is 10.6 Å². The number of hydrogen-bond donors (Lipinski definition) is 1. The van der Waals surface area contributed by atoms with Crippen LogP contribution in [0.15, 0.2) is 18.2 Å². The monoisotopic (exact) mass is 259 g/mol. The number of nitrogens with two attached hydrogens (primary N) is 1. The molecule has 1 aromatic rings. The van der Waals surface area contributed by atoms with E-state index in [9.17, 15) is 0 Å². The van der Waals surface area contributed by atoms with Crippen LogP contribution in [0.4, 0.5) is 11.4 Å². The Morgan fingerprint density at radius 2 is 2.11 bits per heavy atom. The van der Waals surface area contributed by atoms with Crippen LogP contribution in [0, 0.1) is 11.3 Å². The van der Waals surface area contributed by atoms with E-state index in [2.05, 4.69) is 43.9 Å². The number of rotatable bonds is 7. The van der Waals surface area contributed by atoms with Crippen molar-refractivity contribution in [2.75, 3.05) is 17.2 Å². The van der Waals surface area contributed by atoms with Crippen molar-refractivity contribution in [1.29, 1.82) is 5.26 Å². The van der Waals surface area contributed by atoms with Gasteiger partial charge in [-0.25, -0.2) is 0 Å². The predicted octanol–water partition coefficient (Wildman–Crippen LogP) is 3.74. The molecule has 19 heavy (non-hydrogen) atoms. The van der Waals surface area contributed by atoms with E-state index in [4.69, 9.17) is 11.0 Å². The number of anilines is 2. The Morgan fingerprint density at radius 1 is 1.37 bits per heavy atom. The molecule has 0 saturated heterocycles. The van der Waals surface area contributed by atoms with E-state index in [0.29, 0.717) is 18.2 Å². The summed E-state index contributed by atoms with van der Waals surface area (Å²) in [6.07, 6.45) is 3.86. The molecule has 1 rings (SSSR count). The lowest BCUT2D eigenvalue weighted by molar-refractivity contribution is 0.595. The average Bonchev–Trinajstić information content (AvgIpc) is 2.42. The molecular formula is C16H25N3. The maximum absolute atomic E-state index is 8.85. The lowest BCUT2D eigenvalue weighted by atomic mass is 10.1. The molecule has 0 fully saturated rings. The van der Waals surface area contributed by atoms with E-state index in [-0.39, 0.29) is 0 Å². The summed E-state index contributed by atoms with van der Waals surface area (Å²) in [6, 6.07) is 8.74. The van der Waals surface area contributed by atoms with Gasteiger partial charge in [0.2, 0.25) is 0 Å². The molecule has 0 saturated carbocycles. The Bertz CT molecular complexity index is 434. The van der Waals surface area contributed by atoms with E-state index < -0.39 is 0 Å². The molecule has 2 N–H and O–H groups in total. The van der Waals surface area contributed by atoms with Gasteiger partial charge in [0, 0.05) is 24.0 Å². The van der Waals surface area contributed by atoms with Gasteiger partial charge in [0.05, 0.1) is 12.5 Å². The van der Waals surface area contributed by atoms with Gasteiger partial charge in [-0.1, -0.05) is 20.3 Å². The smallest absolute Gasteiger partial charge is 0.0670 e. The van der Waals surface area contributed by atoms with Gasteiger partial charge in [0.25, 0.3) is 0 Å². The molecular weight excluding hydrogens is 234 g/mol. The minimum atomic E-state index is 0.377. The van der Waals surface area contributed by atoms with Crippen LogP contribution in [0.5, 0.6) is 0 Å². The first-order valence-electron chi connectivity index (χ1n) is 7.16. The molecule has 0 aliphatic carbocycles. The summed E-state index contributed by atoms with van der Waals surface area (Å²) >= 11 is 0. The summed E-state index contributed by atoms with van der Waals surface area (Å²) in [4.78, 5) is 2.42. The third-order valence-electron chi connectivity index (χ3n) is 3.60. The fourth-order valence-corrected chi connectivity index (χ4v) is 2.16. The fourth-order valence-electron chi connectivity index (χ4n) is 2.16. The highest BCUT2D eigenvalue weighted by Crippen LogP contribution is 2.24. The van der Waals surface area contributed by atoms with Crippen molar-refractivity contribution in [2.24, 2.45) is 0 Å². The Hall–Kier alpha value is -1.69. The van der Waals surface area contributed by atoms with Gasteiger partial charge >= 0.3 is 0 Å². The highest BCUT2D eigenvalue weighted by molar-refractivity contribution is 5.59. The van der Waals surface area contributed by atoms with Gasteiger partial charge in [-0.15, -0.1) is 0 Å². The van der Waals surface area contributed by atoms with E-state index >= 15 is 0 Å². The Kier molecular flexibility index (Phi) is 6.21. The quantitative estimate of drug-likeness (QED) is 0.759. The second-order valence-electron chi connectivity index (χ2n) is 5.02. The minimum absolute atomic E-state index is 0.377. The second kappa shape index (κ2) is 7.68.